The van der Waals surface area contributed by atoms with E-state index in [2.05, 4.69) is 40.7 Å². The summed E-state index contributed by atoms with van der Waals surface area (Å²) in [4.78, 5) is 0. The number of hydrogen-bond donors (Lipinski definition) is 1. The van der Waals surface area contributed by atoms with E-state index in [1.165, 1.54) is 57.8 Å². The van der Waals surface area contributed by atoms with Gasteiger partial charge < -0.3 is 5.11 Å². The second-order valence-corrected chi connectivity index (χ2v) is 12.3. The molecule has 28 heavy (non-hydrogen) atoms. The second kappa shape index (κ2) is 7.75. The Bertz CT molecular complexity index is 587. The maximum atomic E-state index is 10.6. The van der Waals surface area contributed by atoms with Gasteiger partial charge in [0.05, 0.1) is 5.60 Å². The Morgan fingerprint density at radius 3 is 2.46 bits per heavy atom. The number of rotatable bonds is 5. The van der Waals surface area contributed by atoms with Crippen LogP contribution in [0.25, 0.3) is 0 Å². The Kier molecular flexibility index (Phi) is 5.80. The van der Waals surface area contributed by atoms with Gasteiger partial charge in [-0.15, -0.1) is 0 Å². The predicted octanol–water partition coefficient (Wildman–Crippen LogP) is 7.39. The van der Waals surface area contributed by atoms with Gasteiger partial charge in [-0.05, 0) is 105 Å². The van der Waals surface area contributed by atoms with E-state index >= 15 is 0 Å². The molecule has 0 aromatic rings. The smallest absolute Gasteiger partial charge is 0.0657 e. The zero-order chi connectivity index (χ0) is 20.1. The summed E-state index contributed by atoms with van der Waals surface area (Å²) in [6.07, 6.45) is 17.3. The van der Waals surface area contributed by atoms with Crippen molar-refractivity contribution in [2.24, 2.45) is 46.8 Å². The summed E-state index contributed by atoms with van der Waals surface area (Å²) in [6.45, 7) is 11.9. The van der Waals surface area contributed by atoms with Crippen LogP contribution in [0.4, 0.5) is 0 Å². The van der Waals surface area contributed by atoms with E-state index in [9.17, 15) is 5.11 Å². The van der Waals surface area contributed by atoms with Crippen LogP contribution in [-0.2, 0) is 0 Å². The van der Waals surface area contributed by atoms with Crippen LogP contribution in [0, 0.1) is 46.8 Å². The van der Waals surface area contributed by atoms with Gasteiger partial charge >= 0.3 is 0 Å². The number of fused-ring (bicyclic) bond motifs is 5. The van der Waals surface area contributed by atoms with E-state index in [-0.39, 0.29) is 0 Å². The van der Waals surface area contributed by atoms with Crippen LogP contribution in [0.3, 0.4) is 0 Å². The van der Waals surface area contributed by atoms with E-state index in [0.717, 1.165) is 54.3 Å². The highest BCUT2D eigenvalue weighted by Crippen LogP contribution is 2.63. The summed E-state index contributed by atoms with van der Waals surface area (Å²) < 4.78 is 0. The molecular weight excluding hydrogens is 340 g/mol. The van der Waals surface area contributed by atoms with Crippen molar-refractivity contribution >= 4 is 0 Å². The largest absolute Gasteiger partial charge is 0.390 e. The summed E-state index contributed by atoms with van der Waals surface area (Å²) in [6, 6.07) is 0. The van der Waals surface area contributed by atoms with Crippen molar-refractivity contribution in [3.05, 3.63) is 11.6 Å². The standard InChI is InChI=1S/C27H46O/c1-18(2)7-6-8-19(3)21-11-12-23-22(21)13-14-25-24(23)10-9-20-17-26(4,28)15-16-27(20,25)5/h9,18-19,21-25,28H,6-8,10-17H2,1-5H3/t19-,21?,22?,23?,24?,25?,26+,27?/m1/s1. The van der Waals surface area contributed by atoms with Crippen LogP contribution in [0.15, 0.2) is 11.6 Å². The zero-order valence-electron chi connectivity index (χ0n) is 19.3. The van der Waals surface area contributed by atoms with Gasteiger partial charge in [-0.3, -0.25) is 0 Å². The Morgan fingerprint density at radius 2 is 1.71 bits per heavy atom. The Labute approximate surface area is 174 Å². The molecule has 0 aromatic heterocycles. The third-order valence-electron chi connectivity index (χ3n) is 9.93. The summed E-state index contributed by atoms with van der Waals surface area (Å²) in [5.74, 6) is 6.63. The van der Waals surface area contributed by atoms with Gasteiger partial charge in [0.25, 0.3) is 0 Å². The molecule has 4 rings (SSSR count). The van der Waals surface area contributed by atoms with E-state index in [1.807, 2.05) is 0 Å². The van der Waals surface area contributed by atoms with Crippen molar-refractivity contribution in [1.82, 2.24) is 0 Å². The first-order valence-corrected chi connectivity index (χ1v) is 12.6. The molecule has 1 N–H and O–H groups in total. The van der Waals surface area contributed by atoms with Crippen LogP contribution in [0.1, 0.15) is 105 Å². The third-order valence-corrected chi connectivity index (χ3v) is 9.93. The van der Waals surface area contributed by atoms with Crippen molar-refractivity contribution < 1.29 is 5.11 Å². The lowest BCUT2D eigenvalue weighted by Crippen LogP contribution is -2.49. The van der Waals surface area contributed by atoms with Crippen molar-refractivity contribution in [3.63, 3.8) is 0 Å². The highest BCUT2D eigenvalue weighted by atomic mass is 16.3. The molecule has 160 valence electrons. The fraction of sp³-hybridized carbons (Fsp3) is 0.926. The quantitative estimate of drug-likeness (QED) is 0.488. The fourth-order valence-corrected chi connectivity index (χ4v) is 8.27. The molecule has 0 amide bonds. The van der Waals surface area contributed by atoms with Crippen LogP contribution in [0.5, 0.6) is 0 Å². The Balaban J connectivity index is 1.44. The highest BCUT2D eigenvalue weighted by Gasteiger charge is 2.55. The van der Waals surface area contributed by atoms with Crippen molar-refractivity contribution in [1.29, 1.82) is 0 Å². The maximum Gasteiger partial charge on any atom is 0.0657 e. The lowest BCUT2D eigenvalue weighted by molar-refractivity contribution is -0.0431. The molecule has 0 saturated heterocycles. The molecule has 8 atom stereocenters. The number of aliphatic hydroxyl groups is 1. The number of allylic oxidation sites excluding steroid dienone is 1. The molecule has 0 spiro atoms. The monoisotopic (exact) mass is 386 g/mol. The molecular formula is C27H46O. The van der Waals surface area contributed by atoms with E-state index in [0.29, 0.717) is 5.41 Å². The fourth-order valence-electron chi connectivity index (χ4n) is 8.27. The molecule has 3 fully saturated rings. The lowest BCUT2D eigenvalue weighted by Gasteiger charge is -2.56. The molecule has 4 aliphatic carbocycles. The molecule has 0 aromatic carbocycles. The lowest BCUT2D eigenvalue weighted by atomic mass is 9.49. The van der Waals surface area contributed by atoms with E-state index in [4.69, 9.17) is 0 Å². The molecule has 0 aliphatic heterocycles. The third kappa shape index (κ3) is 3.75. The van der Waals surface area contributed by atoms with Gasteiger partial charge in [0.1, 0.15) is 0 Å². The minimum absolute atomic E-state index is 0.386. The first-order chi connectivity index (χ1) is 13.2. The van der Waals surface area contributed by atoms with Gasteiger partial charge in [-0.1, -0.05) is 58.6 Å². The van der Waals surface area contributed by atoms with Crippen molar-refractivity contribution in [2.45, 2.75) is 111 Å². The highest BCUT2D eigenvalue weighted by molar-refractivity contribution is 5.26. The molecule has 0 radical (unpaired) electrons. The minimum Gasteiger partial charge on any atom is -0.390 e. The van der Waals surface area contributed by atoms with Crippen LogP contribution >= 0.6 is 0 Å². The van der Waals surface area contributed by atoms with Gasteiger partial charge in [-0.25, -0.2) is 0 Å². The predicted molar refractivity (Wildman–Crippen MR) is 119 cm³/mol. The normalized spacial score (nSPS) is 46.5. The summed E-state index contributed by atoms with van der Waals surface area (Å²) in [7, 11) is 0. The van der Waals surface area contributed by atoms with Gasteiger partial charge in [-0.2, -0.15) is 0 Å². The Hall–Kier alpha value is -0.300. The van der Waals surface area contributed by atoms with Crippen LogP contribution < -0.4 is 0 Å². The molecule has 6 unspecified atom stereocenters. The van der Waals surface area contributed by atoms with E-state index < -0.39 is 5.60 Å². The topological polar surface area (TPSA) is 20.2 Å². The maximum absolute atomic E-state index is 10.6. The van der Waals surface area contributed by atoms with E-state index in [1.54, 1.807) is 5.57 Å². The van der Waals surface area contributed by atoms with Gasteiger partial charge in [0.15, 0.2) is 0 Å². The number of hydrogen-bond acceptors (Lipinski definition) is 1. The van der Waals surface area contributed by atoms with Crippen LogP contribution in [0.2, 0.25) is 0 Å². The molecule has 0 bridgehead atoms. The zero-order valence-corrected chi connectivity index (χ0v) is 19.3. The molecule has 1 heteroatoms. The average molecular weight is 387 g/mol. The molecule has 1 nitrogen and oxygen atoms in total. The summed E-state index contributed by atoms with van der Waals surface area (Å²) in [5.41, 5.74) is 1.54. The van der Waals surface area contributed by atoms with Gasteiger partial charge in [0, 0.05) is 0 Å². The molecule has 4 aliphatic rings. The van der Waals surface area contributed by atoms with Gasteiger partial charge in [0.2, 0.25) is 0 Å². The first-order valence-electron chi connectivity index (χ1n) is 12.6. The van der Waals surface area contributed by atoms with Crippen LogP contribution in [-0.4, -0.2) is 10.7 Å². The molecule has 0 heterocycles. The average Bonchev–Trinajstić information content (AvgIpc) is 3.06. The minimum atomic E-state index is -0.459. The SMILES string of the molecule is CC(C)CCC[C@@H](C)C1CCC2C1CCC1C2CC=C2C[C@@](C)(O)CCC21C. The molecule has 3 saturated carbocycles. The summed E-state index contributed by atoms with van der Waals surface area (Å²) >= 11 is 0. The van der Waals surface area contributed by atoms with Crippen molar-refractivity contribution in [2.75, 3.05) is 0 Å². The summed E-state index contributed by atoms with van der Waals surface area (Å²) in [5, 5.41) is 10.6. The second-order valence-electron chi connectivity index (χ2n) is 12.3. The Morgan fingerprint density at radius 1 is 0.964 bits per heavy atom. The van der Waals surface area contributed by atoms with Crippen molar-refractivity contribution in [3.8, 4) is 0 Å². The first kappa shape index (κ1) is 21.0.